The molecule has 1 N–H and O–H groups in total. The predicted molar refractivity (Wildman–Crippen MR) is 83.7 cm³/mol. The van der Waals surface area contributed by atoms with Crippen molar-refractivity contribution in [3.63, 3.8) is 0 Å². The first-order valence-corrected chi connectivity index (χ1v) is 7.31. The molecular weight excluding hydrogens is 318 g/mol. The Hall–Kier alpha value is -2.77. The van der Waals surface area contributed by atoms with Gasteiger partial charge in [0.1, 0.15) is 11.5 Å². The number of hydrogen-bond acceptors (Lipinski definition) is 7. The van der Waals surface area contributed by atoms with Gasteiger partial charge in [0, 0.05) is 13.0 Å². The predicted octanol–water partition coefficient (Wildman–Crippen LogP) is 0.687. The largest absolute Gasteiger partial charge is 0.497 e. The maximum atomic E-state index is 11.5. The van der Waals surface area contributed by atoms with Gasteiger partial charge < -0.3 is 24.3 Å². The summed E-state index contributed by atoms with van der Waals surface area (Å²) in [5.41, 5.74) is 0. The second-order valence-corrected chi connectivity index (χ2v) is 4.65. The molecule has 0 fully saturated rings. The number of hydrogen-bond donors (Lipinski definition) is 1. The lowest BCUT2D eigenvalue weighted by molar-refractivity contribution is -0.150. The maximum Gasteiger partial charge on any atom is 0.344 e. The number of rotatable bonds is 10. The molecule has 1 amide bonds. The van der Waals surface area contributed by atoms with Gasteiger partial charge in [-0.25, -0.2) is 4.79 Å². The molecule has 0 saturated heterocycles. The van der Waals surface area contributed by atoms with Gasteiger partial charge in [0.2, 0.25) is 0 Å². The number of carbonyl (C=O) groups is 3. The van der Waals surface area contributed by atoms with Gasteiger partial charge in [0.25, 0.3) is 5.91 Å². The zero-order valence-corrected chi connectivity index (χ0v) is 13.7. The van der Waals surface area contributed by atoms with Crippen molar-refractivity contribution in [1.29, 1.82) is 0 Å². The van der Waals surface area contributed by atoms with E-state index in [0.717, 1.165) is 0 Å². The van der Waals surface area contributed by atoms with Crippen LogP contribution in [0.15, 0.2) is 24.3 Å². The molecule has 0 heterocycles. The fourth-order valence-electron chi connectivity index (χ4n) is 1.62. The maximum absolute atomic E-state index is 11.5. The minimum Gasteiger partial charge on any atom is -0.497 e. The molecular formula is C16H21NO7. The molecule has 0 spiro atoms. The normalized spacial score (nSPS) is 9.75. The summed E-state index contributed by atoms with van der Waals surface area (Å²) in [5, 5.41) is 2.53. The number of amides is 1. The van der Waals surface area contributed by atoms with E-state index in [9.17, 15) is 14.4 Å². The molecule has 24 heavy (non-hydrogen) atoms. The smallest absolute Gasteiger partial charge is 0.344 e. The molecule has 132 valence electrons. The highest BCUT2D eigenvalue weighted by molar-refractivity contribution is 5.80. The van der Waals surface area contributed by atoms with E-state index < -0.39 is 18.5 Å². The number of nitrogens with one attached hydrogen (secondary N) is 1. The van der Waals surface area contributed by atoms with E-state index in [0.29, 0.717) is 24.5 Å². The van der Waals surface area contributed by atoms with E-state index in [1.54, 1.807) is 31.4 Å². The van der Waals surface area contributed by atoms with Crippen molar-refractivity contribution in [3.05, 3.63) is 24.3 Å². The van der Waals surface area contributed by atoms with Crippen molar-refractivity contribution in [2.45, 2.75) is 12.8 Å². The molecule has 8 heteroatoms. The fourth-order valence-corrected chi connectivity index (χ4v) is 1.62. The third-order valence-electron chi connectivity index (χ3n) is 2.89. The van der Waals surface area contributed by atoms with Crippen LogP contribution in [0.1, 0.15) is 12.8 Å². The summed E-state index contributed by atoms with van der Waals surface area (Å²) in [7, 11) is 2.85. The van der Waals surface area contributed by atoms with E-state index in [-0.39, 0.29) is 19.0 Å². The highest BCUT2D eigenvalue weighted by Gasteiger charge is 2.08. The first kappa shape index (κ1) is 19.3. The van der Waals surface area contributed by atoms with Gasteiger partial charge in [0.05, 0.1) is 14.2 Å². The van der Waals surface area contributed by atoms with Gasteiger partial charge in [-0.1, -0.05) is 0 Å². The van der Waals surface area contributed by atoms with Gasteiger partial charge in [-0.2, -0.15) is 0 Å². The second kappa shape index (κ2) is 10.9. The van der Waals surface area contributed by atoms with Crippen molar-refractivity contribution < 1.29 is 33.3 Å². The molecule has 0 unspecified atom stereocenters. The summed E-state index contributed by atoms with van der Waals surface area (Å²) in [6.07, 6.45) is 0.666. The number of methoxy groups -OCH3 is 2. The fraction of sp³-hybridized carbons (Fsp3) is 0.438. The molecule has 0 atom stereocenters. The highest BCUT2D eigenvalue weighted by atomic mass is 16.6. The second-order valence-electron chi connectivity index (χ2n) is 4.65. The first-order valence-electron chi connectivity index (χ1n) is 7.31. The monoisotopic (exact) mass is 339 g/mol. The zero-order valence-electron chi connectivity index (χ0n) is 13.7. The lowest BCUT2D eigenvalue weighted by atomic mass is 10.3. The topological polar surface area (TPSA) is 100 Å². The molecule has 0 saturated carbocycles. The van der Waals surface area contributed by atoms with Crippen LogP contribution in [-0.2, 0) is 23.9 Å². The Labute approximate surface area is 140 Å². The van der Waals surface area contributed by atoms with Gasteiger partial charge in [-0.3, -0.25) is 9.59 Å². The van der Waals surface area contributed by atoms with Crippen LogP contribution < -0.4 is 14.8 Å². The molecule has 1 aromatic carbocycles. The quantitative estimate of drug-likeness (QED) is 0.494. The lowest BCUT2D eigenvalue weighted by Gasteiger charge is -2.08. The van der Waals surface area contributed by atoms with Crippen LogP contribution in [-0.4, -0.2) is 51.8 Å². The number of ether oxygens (including phenoxy) is 4. The molecule has 1 rings (SSSR count). The van der Waals surface area contributed by atoms with Gasteiger partial charge in [-0.15, -0.1) is 0 Å². The Morgan fingerprint density at radius 2 is 1.62 bits per heavy atom. The molecule has 0 aliphatic rings. The van der Waals surface area contributed by atoms with E-state index in [1.165, 1.54) is 7.11 Å². The summed E-state index contributed by atoms with van der Waals surface area (Å²) >= 11 is 0. The zero-order chi connectivity index (χ0) is 17.8. The average Bonchev–Trinajstić information content (AvgIpc) is 2.61. The van der Waals surface area contributed by atoms with Crippen molar-refractivity contribution in [1.82, 2.24) is 5.32 Å². The van der Waals surface area contributed by atoms with Crippen LogP contribution in [0.4, 0.5) is 0 Å². The van der Waals surface area contributed by atoms with Gasteiger partial charge in [0.15, 0.2) is 13.2 Å². The number of esters is 2. The van der Waals surface area contributed by atoms with E-state index in [4.69, 9.17) is 14.2 Å². The minimum absolute atomic E-state index is 0.215. The van der Waals surface area contributed by atoms with E-state index in [2.05, 4.69) is 10.1 Å². The Morgan fingerprint density at radius 3 is 2.25 bits per heavy atom. The lowest BCUT2D eigenvalue weighted by Crippen LogP contribution is -2.30. The molecule has 0 aliphatic carbocycles. The Morgan fingerprint density at radius 1 is 0.958 bits per heavy atom. The SMILES string of the molecule is COC(=O)CCCNC(=O)COC(=O)COc1ccc(OC)cc1. The third kappa shape index (κ3) is 8.02. The van der Waals surface area contributed by atoms with Crippen LogP contribution in [0.2, 0.25) is 0 Å². The molecule has 0 aromatic heterocycles. The van der Waals surface area contributed by atoms with Gasteiger partial charge >= 0.3 is 11.9 Å². The summed E-state index contributed by atoms with van der Waals surface area (Å²) < 4.78 is 19.5. The molecule has 8 nitrogen and oxygen atoms in total. The van der Waals surface area contributed by atoms with Crippen molar-refractivity contribution >= 4 is 17.8 Å². The summed E-state index contributed by atoms with van der Waals surface area (Å²) in [6, 6.07) is 6.70. The van der Waals surface area contributed by atoms with Crippen LogP contribution >= 0.6 is 0 Å². The Balaban J connectivity index is 2.14. The summed E-state index contributed by atoms with van der Waals surface area (Å²) in [6.45, 7) is -0.404. The van der Waals surface area contributed by atoms with Crippen LogP contribution in [0.25, 0.3) is 0 Å². The van der Waals surface area contributed by atoms with Crippen LogP contribution in [0.5, 0.6) is 11.5 Å². The first-order chi connectivity index (χ1) is 11.5. The van der Waals surface area contributed by atoms with Crippen LogP contribution in [0, 0.1) is 0 Å². The van der Waals surface area contributed by atoms with E-state index >= 15 is 0 Å². The molecule has 0 radical (unpaired) electrons. The Bertz CT molecular complexity index is 542. The van der Waals surface area contributed by atoms with Crippen molar-refractivity contribution in [3.8, 4) is 11.5 Å². The summed E-state index contributed by atoms with van der Waals surface area (Å²) in [5.74, 6) is -0.284. The molecule has 1 aromatic rings. The molecule has 0 aliphatic heterocycles. The molecule has 0 bridgehead atoms. The van der Waals surface area contributed by atoms with Crippen LogP contribution in [0.3, 0.4) is 0 Å². The third-order valence-corrected chi connectivity index (χ3v) is 2.89. The Kier molecular flexibility index (Phi) is 8.73. The standard InChI is InChI=1S/C16H21NO7/c1-21-12-5-7-13(8-6-12)23-11-16(20)24-10-14(18)17-9-3-4-15(19)22-2/h5-8H,3-4,9-11H2,1-2H3,(H,17,18). The minimum atomic E-state index is -0.657. The number of carbonyl (C=O) groups excluding carboxylic acids is 3. The van der Waals surface area contributed by atoms with Crippen molar-refractivity contribution in [2.75, 3.05) is 34.0 Å². The number of benzene rings is 1. The van der Waals surface area contributed by atoms with Gasteiger partial charge in [-0.05, 0) is 30.7 Å². The highest BCUT2D eigenvalue weighted by Crippen LogP contribution is 2.16. The summed E-state index contributed by atoms with van der Waals surface area (Å²) in [4.78, 5) is 33.8. The van der Waals surface area contributed by atoms with E-state index in [1.807, 2.05) is 0 Å². The van der Waals surface area contributed by atoms with Crippen molar-refractivity contribution in [2.24, 2.45) is 0 Å². The average molecular weight is 339 g/mol.